The average Bonchev–Trinajstić information content (AvgIpc) is 3.46. The number of aromatic nitrogens is 5. The maximum atomic E-state index is 13.8. The molecule has 0 spiro atoms. The van der Waals surface area contributed by atoms with E-state index in [4.69, 9.17) is 9.72 Å². The molecule has 5 rings (SSSR count). The second kappa shape index (κ2) is 8.36. The van der Waals surface area contributed by atoms with E-state index in [1.807, 2.05) is 16.7 Å². The number of benzene rings is 1. The summed E-state index contributed by atoms with van der Waals surface area (Å²) in [4.78, 5) is 38.3. The van der Waals surface area contributed by atoms with Gasteiger partial charge in [-0.3, -0.25) is 18.8 Å². The van der Waals surface area contributed by atoms with Crippen molar-refractivity contribution in [1.29, 1.82) is 0 Å². The van der Waals surface area contributed by atoms with Gasteiger partial charge in [-0.2, -0.15) is 10.1 Å². The minimum absolute atomic E-state index is 0.0516. The zero-order valence-corrected chi connectivity index (χ0v) is 17.8. The number of hydrogen-bond donors (Lipinski definition) is 1. The van der Waals surface area contributed by atoms with Crippen LogP contribution >= 0.6 is 0 Å². The lowest BCUT2D eigenvalue weighted by atomic mass is 10.2. The number of para-hydroxylation sites is 1. The smallest absolute Gasteiger partial charge is 0.339 e. The molecule has 1 aliphatic rings. The highest BCUT2D eigenvalue weighted by Gasteiger charge is 2.30. The van der Waals surface area contributed by atoms with Crippen LogP contribution in [-0.2, 0) is 11.8 Å². The largest absolute Gasteiger partial charge is 0.478 e. The van der Waals surface area contributed by atoms with Crippen molar-refractivity contribution in [2.75, 3.05) is 36.1 Å². The summed E-state index contributed by atoms with van der Waals surface area (Å²) in [5.41, 5.74) is 0.915. The van der Waals surface area contributed by atoms with Gasteiger partial charge in [-0.15, -0.1) is 0 Å². The van der Waals surface area contributed by atoms with Gasteiger partial charge in [-0.1, -0.05) is 18.2 Å². The van der Waals surface area contributed by atoms with Crippen molar-refractivity contribution in [3.8, 4) is 0 Å². The van der Waals surface area contributed by atoms with Gasteiger partial charge in [0.05, 0.1) is 25.1 Å². The molecular weight excluding hydrogens is 426 g/mol. The van der Waals surface area contributed by atoms with Crippen LogP contribution in [0.15, 0.2) is 55.0 Å². The number of amides is 1. The van der Waals surface area contributed by atoms with Gasteiger partial charge in [0.1, 0.15) is 22.7 Å². The molecule has 0 atom stereocenters. The topological polar surface area (TPSA) is 118 Å². The number of morpholine rings is 1. The van der Waals surface area contributed by atoms with Crippen LogP contribution in [-0.4, -0.2) is 67.4 Å². The average molecular weight is 447 g/mol. The van der Waals surface area contributed by atoms with Crippen molar-refractivity contribution in [3.63, 3.8) is 0 Å². The number of carbonyl (C=O) groups excluding carboxylic acids is 1. The molecule has 1 saturated heterocycles. The van der Waals surface area contributed by atoms with Crippen LogP contribution < -0.4 is 9.80 Å². The van der Waals surface area contributed by atoms with Crippen LogP contribution in [0.25, 0.3) is 5.65 Å². The number of carbonyl (C=O) groups is 2. The van der Waals surface area contributed by atoms with Crippen molar-refractivity contribution in [2.24, 2.45) is 7.05 Å². The SMILES string of the molecule is Cn1ncc(C(=O)O)c1C(=O)N(c1ccccc1)c1cc2nccn2c(N2CCOCC2)n1. The van der Waals surface area contributed by atoms with E-state index in [-0.39, 0.29) is 11.3 Å². The number of nitrogens with zero attached hydrogens (tertiary/aromatic N) is 7. The minimum Gasteiger partial charge on any atom is -0.478 e. The highest BCUT2D eigenvalue weighted by Crippen LogP contribution is 2.30. The second-order valence-corrected chi connectivity index (χ2v) is 7.48. The summed E-state index contributed by atoms with van der Waals surface area (Å²) in [5, 5.41) is 13.6. The van der Waals surface area contributed by atoms with Crippen LogP contribution in [0.5, 0.6) is 0 Å². The number of hydrogen-bond acceptors (Lipinski definition) is 7. The van der Waals surface area contributed by atoms with E-state index in [0.29, 0.717) is 49.4 Å². The Labute approximate surface area is 188 Å². The van der Waals surface area contributed by atoms with Gasteiger partial charge in [0.2, 0.25) is 5.95 Å². The minimum atomic E-state index is -1.23. The molecule has 1 aliphatic heterocycles. The number of anilines is 3. The molecule has 0 radical (unpaired) electrons. The van der Waals surface area contributed by atoms with Crippen LogP contribution in [0.3, 0.4) is 0 Å². The summed E-state index contributed by atoms with van der Waals surface area (Å²) in [6, 6.07) is 10.7. The fourth-order valence-electron chi connectivity index (χ4n) is 3.88. The molecule has 4 aromatic rings. The van der Waals surface area contributed by atoms with Gasteiger partial charge in [0.25, 0.3) is 5.91 Å². The molecule has 1 amide bonds. The van der Waals surface area contributed by atoms with Gasteiger partial charge in [-0.25, -0.2) is 9.78 Å². The highest BCUT2D eigenvalue weighted by atomic mass is 16.5. The first-order valence-electron chi connectivity index (χ1n) is 10.4. The van der Waals surface area contributed by atoms with Crippen LogP contribution in [0.1, 0.15) is 20.8 Å². The zero-order chi connectivity index (χ0) is 22.9. The predicted molar refractivity (Wildman–Crippen MR) is 119 cm³/mol. The van der Waals surface area contributed by atoms with Gasteiger partial charge in [-0.05, 0) is 12.1 Å². The number of ether oxygens (including phenoxy) is 1. The summed E-state index contributed by atoms with van der Waals surface area (Å²) in [7, 11) is 1.53. The first-order valence-corrected chi connectivity index (χ1v) is 10.4. The third-order valence-electron chi connectivity index (χ3n) is 5.47. The monoisotopic (exact) mass is 447 g/mol. The van der Waals surface area contributed by atoms with Crippen LogP contribution in [0.2, 0.25) is 0 Å². The molecule has 0 unspecified atom stereocenters. The van der Waals surface area contributed by atoms with Crippen molar-refractivity contribution >= 4 is 35.0 Å². The standard InChI is InChI=1S/C22H21N7O4/c1-26-19(16(14-24-26)21(31)32)20(30)29(15-5-3-2-4-6-15)18-13-17-23-7-8-28(17)22(25-18)27-9-11-33-12-10-27/h2-8,13-14H,9-12H2,1H3,(H,31,32). The Morgan fingerprint density at radius 3 is 2.64 bits per heavy atom. The number of imidazole rings is 1. The number of aryl methyl sites for hydroxylation is 1. The first-order chi connectivity index (χ1) is 16.0. The number of aromatic carboxylic acids is 1. The van der Waals surface area contributed by atoms with E-state index in [2.05, 4.69) is 15.0 Å². The Bertz CT molecular complexity index is 1330. The number of rotatable bonds is 5. The molecule has 4 heterocycles. The Morgan fingerprint density at radius 2 is 1.91 bits per heavy atom. The summed E-state index contributed by atoms with van der Waals surface area (Å²) in [6.45, 7) is 2.43. The summed E-state index contributed by atoms with van der Waals surface area (Å²) in [6.07, 6.45) is 4.65. The normalized spacial score (nSPS) is 13.9. The number of carboxylic acid groups (broad SMARTS) is 1. The highest BCUT2D eigenvalue weighted by molar-refractivity contribution is 6.14. The molecule has 11 nitrogen and oxygen atoms in total. The zero-order valence-electron chi connectivity index (χ0n) is 17.8. The Kier molecular flexibility index (Phi) is 5.23. The van der Waals surface area contributed by atoms with Crippen molar-refractivity contribution < 1.29 is 19.4 Å². The molecular formula is C22H21N7O4. The molecule has 1 fully saturated rings. The Hall–Kier alpha value is -4.25. The molecule has 11 heteroatoms. The van der Waals surface area contributed by atoms with E-state index in [1.54, 1.807) is 36.5 Å². The van der Waals surface area contributed by atoms with Gasteiger partial charge in [0, 0.05) is 38.6 Å². The van der Waals surface area contributed by atoms with E-state index in [9.17, 15) is 14.7 Å². The van der Waals surface area contributed by atoms with Gasteiger partial charge >= 0.3 is 5.97 Å². The Balaban J connectivity index is 1.69. The van der Waals surface area contributed by atoms with E-state index < -0.39 is 11.9 Å². The molecule has 0 bridgehead atoms. The first kappa shape index (κ1) is 20.6. The molecule has 33 heavy (non-hydrogen) atoms. The van der Waals surface area contributed by atoms with Gasteiger partial charge < -0.3 is 14.7 Å². The molecule has 1 N–H and O–H groups in total. The second-order valence-electron chi connectivity index (χ2n) is 7.48. The summed E-state index contributed by atoms with van der Waals surface area (Å²) < 4.78 is 8.59. The van der Waals surface area contributed by atoms with Crippen LogP contribution in [0, 0.1) is 0 Å². The van der Waals surface area contributed by atoms with E-state index >= 15 is 0 Å². The van der Waals surface area contributed by atoms with Crippen molar-refractivity contribution in [1.82, 2.24) is 24.1 Å². The fourth-order valence-corrected chi connectivity index (χ4v) is 3.88. The predicted octanol–water partition coefficient (Wildman–Crippen LogP) is 1.98. The van der Waals surface area contributed by atoms with Gasteiger partial charge in [0.15, 0.2) is 0 Å². The van der Waals surface area contributed by atoms with Crippen molar-refractivity contribution in [2.45, 2.75) is 0 Å². The quantitative estimate of drug-likeness (QED) is 0.493. The third kappa shape index (κ3) is 3.68. The van der Waals surface area contributed by atoms with Crippen LogP contribution in [0.4, 0.5) is 17.5 Å². The Morgan fingerprint density at radius 1 is 1.15 bits per heavy atom. The summed E-state index contributed by atoms with van der Waals surface area (Å²) >= 11 is 0. The number of fused-ring (bicyclic) bond motifs is 1. The molecule has 168 valence electrons. The molecule has 0 saturated carbocycles. The lowest BCUT2D eigenvalue weighted by Gasteiger charge is -2.30. The maximum absolute atomic E-state index is 13.8. The van der Waals surface area contributed by atoms with E-state index in [1.165, 1.54) is 22.8 Å². The third-order valence-corrected chi connectivity index (χ3v) is 5.47. The lowest BCUT2D eigenvalue weighted by molar-refractivity contribution is 0.0691. The molecule has 0 aliphatic carbocycles. The maximum Gasteiger partial charge on any atom is 0.339 e. The molecule has 3 aromatic heterocycles. The molecule has 1 aromatic carbocycles. The van der Waals surface area contributed by atoms with Crippen molar-refractivity contribution in [3.05, 3.63) is 66.2 Å². The fraction of sp³-hybridized carbons (Fsp3) is 0.227. The number of carboxylic acids is 1. The lowest BCUT2D eigenvalue weighted by Crippen LogP contribution is -2.38. The summed E-state index contributed by atoms with van der Waals surface area (Å²) in [5.74, 6) is -0.843. The van der Waals surface area contributed by atoms with E-state index in [0.717, 1.165) is 0 Å².